The molecule has 0 saturated heterocycles. The van der Waals surface area contributed by atoms with Crippen molar-refractivity contribution in [3.63, 3.8) is 0 Å². The Kier molecular flexibility index (Phi) is 4.93. The molecule has 0 amide bonds. The summed E-state index contributed by atoms with van der Waals surface area (Å²) in [5, 5.41) is 10.7. The van der Waals surface area contributed by atoms with Gasteiger partial charge < -0.3 is 4.98 Å². The number of nitrogens with one attached hydrogen (secondary N) is 2. The summed E-state index contributed by atoms with van der Waals surface area (Å²) in [6.07, 6.45) is 4.45. The molecule has 0 aliphatic heterocycles. The van der Waals surface area contributed by atoms with Gasteiger partial charge in [0.15, 0.2) is 4.34 Å². The lowest BCUT2D eigenvalue weighted by Gasteiger charge is -2.03. The van der Waals surface area contributed by atoms with Crippen molar-refractivity contribution in [2.24, 2.45) is 0 Å². The summed E-state index contributed by atoms with van der Waals surface area (Å²) >= 11 is 6.31. The highest BCUT2D eigenvalue weighted by molar-refractivity contribution is 7.91. The van der Waals surface area contributed by atoms with Crippen LogP contribution in [0.1, 0.15) is 12.2 Å². The molecule has 2 rings (SSSR count). The number of hydrogen-bond acceptors (Lipinski definition) is 6. The zero-order chi connectivity index (χ0) is 15.5. The number of thiophene rings is 1. The first-order valence-electron chi connectivity index (χ1n) is 5.82. The Morgan fingerprint density at radius 2 is 2.29 bits per heavy atom. The van der Waals surface area contributed by atoms with Crippen molar-refractivity contribution in [2.75, 3.05) is 6.54 Å². The number of halogens is 1. The van der Waals surface area contributed by atoms with Crippen molar-refractivity contribution >= 4 is 38.6 Å². The maximum Gasteiger partial charge on any atom is 0.300 e. The fourth-order valence-electron chi connectivity index (χ4n) is 1.56. The molecule has 2 heterocycles. The number of imidazole rings is 1. The summed E-state index contributed by atoms with van der Waals surface area (Å²) in [6, 6.07) is 0.960. The van der Waals surface area contributed by atoms with Crippen LogP contribution >= 0.6 is 22.9 Å². The molecule has 0 unspecified atom stereocenters. The van der Waals surface area contributed by atoms with E-state index in [-0.39, 0.29) is 15.1 Å². The summed E-state index contributed by atoms with van der Waals surface area (Å²) in [5.74, 6) is 0.768. The molecule has 0 saturated carbocycles. The van der Waals surface area contributed by atoms with Crippen LogP contribution in [0.4, 0.5) is 5.69 Å². The first-order chi connectivity index (χ1) is 9.90. The smallest absolute Gasteiger partial charge is 0.300 e. The number of nitro groups is 1. The number of nitrogens with zero attached hydrogens (tertiary/aromatic N) is 2. The number of rotatable bonds is 7. The van der Waals surface area contributed by atoms with Gasteiger partial charge in [-0.25, -0.2) is 18.1 Å². The third-order valence-electron chi connectivity index (χ3n) is 2.54. The molecule has 11 heteroatoms. The van der Waals surface area contributed by atoms with E-state index < -0.39 is 20.6 Å². The van der Waals surface area contributed by atoms with Crippen molar-refractivity contribution in [3.05, 3.63) is 38.7 Å². The molecule has 2 aromatic heterocycles. The van der Waals surface area contributed by atoms with Crippen molar-refractivity contribution in [3.8, 4) is 0 Å². The van der Waals surface area contributed by atoms with Crippen LogP contribution < -0.4 is 4.72 Å². The van der Waals surface area contributed by atoms with Crippen LogP contribution in [0.25, 0.3) is 0 Å². The molecule has 0 aliphatic carbocycles. The van der Waals surface area contributed by atoms with Gasteiger partial charge in [0.25, 0.3) is 5.69 Å². The van der Waals surface area contributed by atoms with Gasteiger partial charge in [0.2, 0.25) is 10.0 Å². The Labute approximate surface area is 129 Å². The lowest BCUT2D eigenvalue weighted by Crippen LogP contribution is -2.24. The second kappa shape index (κ2) is 6.52. The number of H-pyrrole nitrogens is 1. The largest absolute Gasteiger partial charge is 0.349 e. The highest BCUT2D eigenvalue weighted by Crippen LogP contribution is 2.35. The van der Waals surface area contributed by atoms with E-state index in [1.165, 1.54) is 0 Å². The Morgan fingerprint density at radius 3 is 2.86 bits per heavy atom. The van der Waals surface area contributed by atoms with Gasteiger partial charge in [0.1, 0.15) is 10.0 Å². The molecule has 0 atom stereocenters. The fourth-order valence-corrected chi connectivity index (χ4v) is 4.35. The zero-order valence-electron chi connectivity index (χ0n) is 10.6. The van der Waals surface area contributed by atoms with Gasteiger partial charge in [0, 0.05) is 31.4 Å². The van der Waals surface area contributed by atoms with Crippen LogP contribution in [0, 0.1) is 10.1 Å². The standard InChI is InChI=1S/C10H11ClN4O4S2/c11-10-7(15(16)17)6-9(20-10)21(18,19)14-3-1-2-8-12-4-5-13-8/h4-6,14H,1-3H2,(H,12,13). The maximum atomic E-state index is 12.0. The lowest BCUT2D eigenvalue weighted by molar-refractivity contribution is -0.384. The third kappa shape index (κ3) is 4.00. The second-order valence-corrected chi connectivity index (χ2v) is 7.67. The molecule has 0 aromatic carbocycles. The second-order valence-electron chi connectivity index (χ2n) is 4.02. The van der Waals surface area contributed by atoms with Crippen molar-refractivity contribution < 1.29 is 13.3 Å². The Balaban J connectivity index is 1.95. The topological polar surface area (TPSA) is 118 Å². The van der Waals surface area contributed by atoms with Gasteiger partial charge in [-0.1, -0.05) is 11.6 Å². The molecular weight excluding hydrogens is 340 g/mol. The number of aromatic nitrogens is 2. The molecular formula is C10H11ClN4O4S2. The van der Waals surface area contributed by atoms with Crippen LogP contribution in [-0.4, -0.2) is 29.9 Å². The summed E-state index contributed by atoms with van der Waals surface area (Å²) in [6.45, 7) is 0.201. The molecule has 0 spiro atoms. The molecule has 0 bridgehead atoms. The van der Waals surface area contributed by atoms with Gasteiger partial charge in [-0.15, -0.1) is 11.3 Å². The van der Waals surface area contributed by atoms with Crippen LogP contribution in [-0.2, 0) is 16.4 Å². The van der Waals surface area contributed by atoms with Gasteiger partial charge >= 0.3 is 0 Å². The number of aromatic amines is 1. The molecule has 0 fully saturated rings. The van der Waals surface area contributed by atoms with E-state index in [0.29, 0.717) is 24.2 Å². The molecule has 0 radical (unpaired) electrons. The molecule has 21 heavy (non-hydrogen) atoms. The predicted molar refractivity (Wildman–Crippen MR) is 78.1 cm³/mol. The minimum atomic E-state index is -3.79. The normalized spacial score (nSPS) is 11.7. The number of hydrogen-bond donors (Lipinski definition) is 2. The molecule has 114 valence electrons. The van der Waals surface area contributed by atoms with Crippen molar-refractivity contribution in [1.82, 2.24) is 14.7 Å². The Morgan fingerprint density at radius 1 is 1.52 bits per heavy atom. The van der Waals surface area contributed by atoms with E-state index >= 15 is 0 Å². The minimum absolute atomic E-state index is 0.157. The van der Waals surface area contributed by atoms with Gasteiger partial charge in [0.05, 0.1) is 4.92 Å². The van der Waals surface area contributed by atoms with Crippen LogP contribution in [0.15, 0.2) is 22.7 Å². The highest BCUT2D eigenvalue weighted by atomic mass is 35.5. The Hall–Kier alpha value is -1.49. The zero-order valence-corrected chi connectivity index (χ0v) is 13.0. The van der Waals surface area contributed by atoms with Crippen molar-refractivity contribution in [2.45, 2.75) is 17.1 Å². The Bertz CT molecular complexity index is 726. The highest BCUT2D eigenvalue weighted by Gasteiger charge is 2.24. The van der Waals surface area contributed by atoms with Gasteiger partial charge in [-0.2, -0.15) is 0 Å². The fraction of sp³-hybridized carbons (Fsp3) is 0.300. The van der Waals surface area contributed by atoms with Gasteiger partial charge in [-0.05, 0) is 6.42 Å². The van der Waals surface area contributed by atoms with Crippen LogP contribution in [0.2, 0.25) is 4.34 Å². The SMILES string of the molecule is O=[N+]([O-])c1cc(S(=O)(=O)NCCCc2ncc[nH]2)sc1Cl. The molecule has 2 N–H and O–H groups in total. The predicted octanol–water partition coefficient (Wildman–Crippen LogP) is 1.94. The van der Waals surface area contributed by atoms with E-state index in [1.807, 2.05) is 0 Å². The first kappa shape index (κ1) is 15.9. The monoisotopic (exact) mass is 350 g/mol. The maximum absolute atomic E-state index is 12.0. The number of sulfonamides is 1. The van der Waals surface area contributed by atoms with Crippen LogP contribution in [0.5, 0.6) is 0 Å². The summed E-state index contributed by atoms with van der Waals surface area (Å²) in [5.41, 5.74) is -0.405. The van der Waals surface area contributed by atoms with Crippen molar-refractivity contribution in [1.29, 1.82) is 0 Å². The van der Waals surface area contributed by atoms with E-state index in [4.69, 9.17) is 11.6 Å². The van der Waals surface area contributed by atoms with Crippen LogP contribution in [0.3, 0.4) is 0 Å². The van der Waals surface area contributed by atoms with E-state index in [2.05, 4.69) is 14.7 Å². The third-order valence-corrected chi connectivity index (χ3v) is 5.82. The first-order valence-corrected chi connectivity index (χ1v) is 8.49. The van der Waals surface area contributed by atoms with E-state index in [0.717, 1.165) is 11.9 Å². The minimum Gasteiger partial charge on any atom is -0.349 e. The molecule has 8 nitrogen and oxygen atoms in total. The summed E-state index contributed by atoms with van der Waals surface area (Å²) < 4.78 is 26.0. The quantitative estimate of drug-likeness (QED) is 0.449. The van der Waals surface area contributed by atoms with E-state index in [9.17, 15) is 18.5 Å². The summed E-state index contributed by atoms with van der Waals surface area (Å²) in [4.78, 5) is 16.9. The summed E-state index contributed by atoms with van der Waals surface area (Å²) in [7, 11) is -3.79. The molecule has 0 aliphatic rings. The average Bonchev–Trinajstić information content (AvgIpc) is 3.04. The van der Waals surface area contributed by atoms with E-state index in [1.54, 1.807) is 12.4 Å². The lowest BCUT2D eigenvalue weighted by atomic mass is 10.3. The molecule has 2 aromatic rings. The number of aryl methyl sites for hydroxylation is 1. The van der Waals surface area contributed by atoms with Gasteiger partial charge in [-0.3, -0.25) is 10.1 Å². The average molecular weight is 351 g/mol.